The van der Waals surface area contributed by atoms with Crippen LogP contribution in [0.1, 0.15) is 5.69 Å². The largest absolute Gasteiger partial charge is 0.340 e. The molecule has 2 aromatic heterocycles. The van der Waals surface area contributed by atoms with E-state index in [1.165, 1.54) is 0 Å². The highest BCUT2D eigenvalue weighted by atomic mass is 35.5. The third-order valence-electron chi connectivity index (χ3n) is 3.29. The van der Waals surface area contributed by atoms with Gasteiger partial charge in [0, 0.05) is 32.4 Å². The van der Waals surface area contributed by atoms with E-state index in [4.69, 9.17) is 11.6 Å². The van der Waals surface area contributed by atoms with Crippen LogP contribution < -0.4 is 5.32 Å². The van der Waals surface area contributed by atoms with Crippen molar-refractivity contribution >= 4 is 23.2 Å². The number of piperazine rings is 1. The second-order valence-electron chi connectivity index (χ2n) is 4.62. The van der Waals surface area contributed by atoms with Crippen molar-refractivity contribution in [3.05, 3.63) is 35.2 Å². The fraction of sp³-hybridized carbons (Fsp3) is 0.385. The van der Waals surface area contributed by atoms with Crippen molar-refractivity contribution < 1.29 is 4.79 Å². The van der Waals surface area contributed by atoms with Crippen LogP contribution in [-0.2, 0) is 11.2 Å². The van der Waals surface area contributed by atoms with Gasteiger partial charge in [0.1, 0.15) is 10.8 Å². The number of pyridine rings is 1. The Morgan fingerprint density at radius 3 is 2.89 bits per heavy atom. The molecular weight excluding hydrogens is 264 g/mol. The molecule has 3 heterocycles. The zero-order chi connectivity index (χ0) is 13.2. The monoisotopic (exact) mass is 278 g/mol. The lowest BCUT2D eigenvalue weighted by atomic mass is 10.2. The molecule has 100 valence electrons. The van der Waals surface area contributed by atoms with Gasteiger partial charge in [-0.25, -0.2) is 4.98 Å². The van der Waals surface area contributed by atoms with Crippen LogP contribution in [-0.4, -0.2) is 46.4 Å². The summed E-state index contributed by atoms with van der Waals surface area (Å²) in [5, 5.41) is 3.83. The summed E-state index contributed by atoms with van der Waals surface area (Å²) in [5.41, 5.74) is 1.53. The van der Waals surface area contributed by atoms with E-state index in [0.29, 0.717) is 11.6 Å². The van der Waals surface area contributed by atoms with Gasteiger partial charge >= 0.3 is 0 Å². The van der Waals surface area contributed by atoms with E-state index in [9.17, 15) is 4.79 Å². The predicted molar refractivity (Wildman–Crippen MR) is 73.4 cm³/mol. The van der Waals surface area contributed by atoms with Crippen LogP contribution in [0.25, 0.3) is 5.65 Å². The minimum atomic E-state index is 0.126. The van der Waals surface area contributed by atoms with Gasteiger partial charge in [0.05, 0.1) is 12.1 Å². The highest BCUT2D eigenvalue weighted by Crippen LogP contribution is 2.14. The van der Waals surface area contributed by atoms with E-state index in [1.807, 2.05) is 23.2 Å². The molecule has 0 atom stereocenters. The number of imidazole rings is 1. The Bertz CT molecular complexity index is 604. The molecule has 3 rings (SSSR count). The molecular formula is C13H15ClN4O. The highest BCUT2D eigenvalue weighted by molar-refractivity contribution is 6.29. The third kappa shape index (κ3) is 2.57. The van der Waals surface area contributed by atoms with E-state index in [-0.39, 0.29) is 5.91 Å². The topological polar surface area (TPSA) is 49.6 Å². The molecule has 1 aliphatic rings. The van der Waals surface area contributed by atoms with E-state index < -0.39 is 0 Å². The lowest BCUT2D eigenvalue weighted by molar-refractivity contribution is -0.131. The summed E-state index contributed by atoms with van der Waals surface area (Å²) in [7, 11) is 0. The second kappa shape index (κ2) is 5.19. The van der Waals surface area contributed by atoms with Gasteiger partial charge < -0.3 is 10.2 Å². The van der Waals surface area contributed by atoms with Gasteiger partial charge in [0.2, 0.25) is 5.91 Å². The number of aromatic nitrogens is 2. The number of rotatable bonds is 2. The molecule has 0 bridgehead atoms. The highest BCUT2D eigenvalue weighted by Gasteiger charge is 2.17. The Labute approximate surface area is 116 Å². The molecule has 6 heteroatoms. The number of hydrogen-bond donors (Lipinski definition) is 1. The minimum absolute atomic E-state index is 0.126. The number of fused-ring (bicyclic) bond motifs is 1. The molecule has 1 aliphatic heterocycles. The zero-order valence-corrected chi connectivity index (χ0v) is 11.2. The van der Waals surface area contributed by atoms with E-state index in [1.54, 1.807) is 10.5 Å². The maximum Gasteiger partial charge on any atom is 0.228 e. The zero-order valence-electron chi connectivity index (χ0n) is 10.5. The smallest absolute Gasteiger partial charge is 0.228 e. The van der Waals surface area contributed by atoms with Crippen LogP contribution in [0.4, 0.5) is 0 Å². The number of halogens is 1. The first-order chi connectivity index (χ1) is 9.24. The van der Waals surface area contributed by atoms with E-state index >= 15 is 0 Å². The summed E-state index contributed by atoms with van der Waals surface area (Å²) in [6.45, 7) is 3.27. The molecule has 1 N–H and O–H groups in total. The van der Waals surface area contributed by atoms with Gasteiger partial charge in [0.25, 0.3) is 0 Å². The van der Waals surface area contributed by atoms with Crippen molar-refractivity contribution in [2.75, 3.05) is 26.2 Å². The Hall–Kier alpha value is -1.59. The fourth-order valence-electron chi connectivity index (χ4n) is 2.29. The Balaban J connectivity index is 1.77. The first-order valence-corrected chi connectivity index (χ1v) is 6.73. The summed E-state index contributed by atoms with van der Waals surface area (Å²) in [5.74, 6) is 0.126. The van der Waals surface area contributed by atoms with Crippen LogP contribution in [0.5, 0.6) is 0 Å². The number of amides is 1. The van der Waals surface area contributed by atoms with E-state index in [0.717, 1.165) is 37.5 Å². The summed E-state index contributed by atoms with van der Waals surface area (Å²) >= 11 is 6.07. The van der Waals surface area contributed by atoms with Crippen LogP contribution >= 0.6 is 11.6 Å². The van der Waals surface area contributed by atoms with Gasteiger partial charge in [-0.2, -0.15) is 0 Å². The summed E-state index contributed by atoms with van der Waals surface area (Å²) < 4.78 is 1.79. The maximum atomic E-state index is 12.1. The SMILES string of the molecule is O=C(Cc1cn2c(Cl)cccc2n1)N1CCNCC1. The van der Waals surface area contributed by atoms with Crippen LogP contribution in [0.15, 0.2) is 24.4 Å². The van der Waals surface area contributed by atoms with Crippen molar-refractivity contribution in [1.82, 2.24) is 19.6 Å². The third-order valence-corrected chi connectivity index (χ3v) is 3.60. The molecule has 0 unspecified atom stereocenters. The Morgan fingerprint density at radius 1 is 1.37 bits per heavy atom. The number of hydrogen-bond acceptors (Lipinski definition) is 3. The van der Waals surface area contributed by atoms with Crippen molar-refractivity contribution in [3.63, 3.8) is 0 Å². The quantitative estimate of drug-likeness (QED) is 0.833. The molecule has 5 nitrogen and oxygen atoms in total. The summed E-state index contributed by atoms with van der Waals surface area (Å²) in [6.07, 6.45) is 2.16. The molecule has 1 fully saturated rings. The maximum absolute atomic E-state index is 12.1. The predicted octanol–water partition coefficient (Wildman–Crippen LogP) is 0.962. The van der Waals surface area contributed by atoms with Gasteiger partial charge in [-0.05, 0) is 12.1 Å². The van der Waals surface area contributed by atoms with Gasteiger partial charge in [-0.15, -0.1) is 0 Å². The van der Waals surface area contributed by atoms with Gasteiger partial charge in [-0.3, -0.25) is 9.20 Å². The molecule has 1 amide bonds. The van der Waals surface area contributed by atoms with Crippen LogP contribution in [0, 0.1) is 0 Å². The minimum Gasteiger partial charge on any atom is -0.340 e. The Morgan fingerprint density at radius 2 is 2.16 bits per heavy atom. The van der Waals surface area contributed by atoms with Gasteiger partial charge in [-0.1, -0.05) is 17.7 Å². The molecule has 0 spiro atoms. The normalized spacial score (nSPS) is 15.9. The standard InChI is InChI=1S/C13H15ClN4O/c14-11-2-1-3-12-16-10(9-18(11)12)8-13(19)17-6-4-15-5-7-17/h1-3,9,15H,4-8H2. The van der Waals surface area contributed by atoms with Crippen LogP contribution in [0.2, 0.25) is 5.15 Å². The first kappa shape index (κ1) is 12.4. The van der Waals surface area contributed by atoms with Gasteiger partial charge in [0.15, 0.2) is 0 Å². The lowest BCUT2D eigenvalue weighted by Crippen LogP contribution is -2.46. The second-order valence-corrected chi connectivity index (χ2v) is 5.00. The summed E-state index contributed by atoms with van der Waals surface area (Å²) in [6, 6.07) is 5.54. The van der Waals surface area contributed by atoms with Crippen molar-refractivity contribution in [2.24, 2.45) is 0 Å². The molecule has 1 saturated heterocycles. The lowest BCUT2D eigenvalue weighted by Gasteiger charge is -2.27. The van der Waals surface area contributed by atoms with Crippen LogP contribution in [0.3, 0.4) is 0 Å². The average Bonchev–Trinajstić information content (AvgIpc) is 2.84. The van der Waals surface area contributed by atoms with E-state index in [2.05, 4.69) is 10.3 Å². The number of nitrogens with one attached hydrogen (secondary N) is 1. The summed E-state index contributed by atoms with van der Waals surface area (Å²) in [4.78, 5) is 18.4. The average molecular weight is 279 g/mol. The number of carbonyl (C=O) groups is 1. The van der Waals surface area contributed by atoms with Crippen molar-refractivity contribution in [2.45, 2.75) is 6.42 Å². The first-order valence-electron chi connectivity index (χ1n) is 6.35. The molecule has 2 aromatic rings. The fourth-order valence-corrected chi connectivity index (χ4v) is 2.50. The number of carbonyl (C=O) groups excluding carboxylic acids is 1. The molecule has 0 radical (unpaired) electrons. The molecule has 0 aromatic carbocycles. The molecule has 0 saturated carbocycles. The Kier molecular flexibility index (Phi) is 3.40. The van der Waals surface area contributed by atoms with Crippen molar-refractivity contribution in [3.8, 4) is 0 Å². The van der Waals surface area contributed by atoms with Crippen molar-refractivity contribution in [1.29, 1.82) is 0 Å². The molecule has 19 heavy (non-hydrogen) atoms. The number of nitrogens with zero attached hydrogens (tertiary/aromatic N) is 3. The molecule has 0 aliphatic carbocycles.